The molecule has 2 fully saturated rings. The number of benzene rings is 1. The zero-order valence-corrected chi connectivity index (χ0v) is 14.3. The summed E-state index contributed by atoms with van der Waals surface area (Å²) in [6, 6.07) is 6.99. The summed E-state index contributed by atoms with van der Waals surface area (Å²) in [5.74, 6) is 1.75. The molecule has 2 aliphatic heterocycles. The molecule has 1 unspecified atom stereocenters. The summed E-state index contributed by atoms with van der Waals surface area (Å²) < 4.78 is 5.74. The van der Waals surface area contributed by atoms with Crippen molar-refractivity contribution in [3.8, 4) is 5.75 Å². The molecule has 126 valence electrons. The Bertz CT molecular complexity index is 581. The number of nitrogens with one attached hydrogen (secondary N) is 1. The highest BCUT2D eigenvalue weighted by Gasteiger charge is 2.39. The number of fused-ring (bicyclic) bond motifs is 1. The van der Waals surface area contributed by atoms with Crippen molar-refractivity contribution in [2.45, 2.75) is 20.0 Å². The van der Waals surface area contributed by atoms with Crippen LogP contribution in [0.3, 0.4) is 0 Å². The molecule has 0 aromatic heterocycles. The van der Waals surface area contributed by atoms with E-state index in [-0.39, 0.29) is 24.1 Å². The molecule has 3 rings (SSSR count). The lowest BCUT2D eigenvalue weighted by Crippen LogP contribution is -2.40. The van der Waals surface area contributed by atoms with Gasteiger partial charge in [-0.2, -0.15) is 0 Å². The highest BCUT2D eigenvalue weighted by molar-refractivity contribution is 5.94. The van der Waals surface area contributed by atoms with Crippen LogP contribution < -0.4 is 10.1 Å². The predicted molar refractivity (Wildman–Crippen MR) is 90.2 cm³/mol. The number of Topliss-reactive ketones (excluding diaryl/α,β-unsaturated/α-hetero) is 1. The molecule has 6 heteroatoms. The minimum Gasteiger partial charge on any atom is -0.481 e. The van der Waals surface area contributed by atoms with Crippen LogP contribution in [0, 0.1) is 11.8 Å². The summed E-state index contributed by atoms with van der Waals surface area (Å²) in [5.41, 5.74) is 0.596. The van der Waals surface area contributed by atoms with Crippen molar-refractivity contribution in [2.24, 2.45) is 11.8 Å². The monoisotopic (exact) mass is 338 g/mol. The minimum atomic E-state index is -0.533. The van der Waals surface area contributed by atoms with Crippen LogP contribution in [0.25, 0.3) is 0 Å². The van der Waals surface area contributed by atoms with Gasteiger partial charge in [-0.25, -0.2) is 0 Å². The summed E-state index contributed by atoms with van der Waals surface area (Å²) in [5, 5.41) is 3.37. The Morgan fingerprint density at radius 3 is 2.52 bits per heavy atom. The smallest absolute Gasteiger partial charge is 0.263 e. The van der Waals surface area contributed by atoms with Crippen LogP contribution in [0.1, 0.15) is 24.2 Å². The Balaban J connectivity index is 0.00000192. The first-order valence-corrected chi connectivity index (χ1v) is 7.81. The second-order valence-electron chi connectivity index (χ2n) is 6.27. The molecule has 2 saturated heterocycles. The first-order valence-electron chi connectivity index (χ1n) is 7.81. The van der Waals surface area contributed by atoms with E-state index >= 15 is 0 Å². The highest BCUT2D eigenvalue weighted by Crippen LogP contribution is 2.27. The van der Waals surface area contributed by atoms with Crippen molar-refractivity contribution >= 4 is 24.1 Å². The highest BCUT2D eigenvalue weighted by atomic mass is 35.5. The van der Waals surface area contributed by atoms with Gasteiger partial charge in [-0.3, -0.25) is 9.59 Å². The van der Waals surface area contributed by atoms with E-state index in [9.17, 15) is 9.59 Å². The quantitative estimate of drug-likeness (QED) is 0.850. The van der Waals surface area contributed by atoms with Crippen molar-refractivity contribution in [2.75, 3.05) is 26.2 Å². The molecule has 0 saturated carbocycles. The van der Waals surface area contributed by atoms with Crippen molar-refractivity contribution in [3.63, 3.8) is 0 Å². The zero-order valence-electron chi connectivity index (χ0n) is 13.5. The number of rotatable bonds is 4. The van der Waals surface area contributed by atoms with Crippen molar-refractivity contribution in [1.82, 2.24) is 10.2 Å². The molecule has 23 heavy (non-hydrogen) atoms. The number of halogens is 1. The zero-order chi connectivity index (χ0) is 15.7. The molecule has 2 heterocycles. The Hall–Kier alpha value is -1.59. The Morgan fingerprint density at radius 2 is 1.91 bits per heavy atom. The third-order valence-corrected chi connectivity index (χ3v) is 4.60. The summed E-state index contributed by atoms with van der Waals surface area (Å²) in [4.78, 5) is 25.8. The summed E-state index contributed by atoms with van der Waals surface area (Å²) >= 11 is 0. The lowest BCUT2D eigenvalue weighted by atomic mass is 10.0. The largest absolute Gasteiger partial charge is 0.481 e. The average molecular weight is 339 g/mol. The first kappa shape index (κ1) is 17.8. The molecule has 3 atom stereocenters. The fraction of sp³-hybridized carbons (Fsp3) is 0.529. The van der Waals surface area contributed by atoms with Crippen LogP contribution in [0.5, 0.6) is 5.75 Å². The first-order chi connectivity index (χ1) is 10.5. The number of carbonyl (C=O) groups is 2. The predicted octanol–water partition coefficient (Wildman–Crippen LogP) is 1.76. The van der Waals surface area contributed by atoms with Gasteiger partial charge in [0.1, 0.15) is 5.75 Å². The van der Waals surface area contributed by atoms with Gasteiger partial charge in [-0.15, -0.1) is 12.4 Å². The molecule has 1 aromatic carbocycles. The molecule has 0 spiro atoms. The standard InChI is InChI=1S/C17H22N2O3.ClH/c1-11(20)13-4-3-5-16(6-13)22-12(2)17(21)19-9-14-7-18-8-15(14)10-19;/h3-6,12,14-15,18H,7-10H2,1-2H3;1H/t12?,14-,15+;. The number of amides is 1. The van der Waals surface area contributed by atoms with Gasteiger partial charge in [0.2, 0.25) is 0 Å². The molecule has 0 radical (unpaired) electrons. The van der Waals surface area contributed by atoms with Gasteiger partial charge in [0.25, 0.3) is 5.91 Å². The molecule has 1 aromatic rings. The topological polar surface area (TPSA) is 58.6 Å². The van der Waals surface area contributed by atoms with E-state index < -0.39 is 6.10 Å². The molecule has 5 nitrogen and oxygen atoms in total. The molecule has 0 aliphatic carbocycles. The van der Waals surface area contributed by atoms with Gasteiger partial charge in [0, 0.05) is 31.7 Å². The number of nitrogens with zero attached hydrogens (tertiary/aromatic N) is 1. The number of ether oxygens (including phenoxy) is 1. The maximum Gasteiger partial charge on any atom is 0.263 e. The van der Waals surface area contributed by atoms with E-state index in [1.54, 1.807) is 31.2 Å². The molecular formula is C17H23ClN2O3. The Kier molecular flexibility index (Phi) is 5.65. The second kappa shape index (κ2) is 7.32. The van der Waals surface area contributed by atoms with E-state index in [1.165, 1.54) is 6.92 Å². The van der Waals surface area contributed by atoms with Gasteiger partial charge < -0.3 is 15.0 Å². The molecule has 1 amide bonds. The molecular weight excluding hydrogens is 316 g/mol. The van der Waals surface area contributed by atoms with E-state index in [4.69, 9.17) is 4.74 Å². The van der Waals surface area contributed by atoms with Crippen molar-refractivity contribution < 1.29 is 14.3 Å². The lowest BCUT2D eigenvalue weighted by molar-refractivity contribution is -0.137. The van der Waals surface area contributed by atoms with Gasteiger partial charge in [-0.05, 0) is 37.8 Å². The maximum atomic E-state index is 12.5. The van der Waals surface area contributed by atoms with E-state index in [1.807, 2.05) is 4.90 Å². The van der Waals surface area contributed by atoms with Crippen molar-refractivity contribution in [3.05, 3.63) is 29.8 Å². The van der Waals surface area contributed by atoms with Crippen LogP contribution >= 0.6 is 12.4 Å². The fourth-order valence-corrected chi connectivity index (χ4v) is 3.34. The van der Waals surface area contributed by atoms with Crippen molar-refractivity contribution in [1.29, 1.82) is 0 Å². The van der Waals surface area contributed by atoms with E-state index in [0.29, 0.717) is 23.1 Å². The number of hydrogen-bond donors (Lipinski definition) is 1. The minimum absolute atomic E-state index is 0. The molecule has 0 bridgehead atoms. The number of likely N-dealkylation sites (tertiary alicyclic amines) is 1. The van der Waals surface area contributed by atoms with Crippen LogP contribution in [0.15, 0.2) is 24.3 Å². The summed E-state index contributed by atoms with van der Waals surface area (Å²) in [6.45, 7) is 6.93. The van der Waals surface area contributed by atoms with Crippen LogP contribution in [0.4, 0.5) is 0 Å². The summed E-state index contributed by atoms with van der Waals surface area (Å²) in [6.07, 6.45) is -0.533. The van der Waals surface area contributed by atoms with Crippen LogP contribution in [-0.4, -0.2) is 48.9 Å². The van der Waals surface area contributed by atoms with Crippen LogP contribution in [0.2, 0.25) is 0 Å². The number of hydrogen-bond acceptors (Lipinski definition) is 4. The maximum absolute atomic E-state index is 12.5. The second-order valence-corrected chi connectivity index (χ2v) is 6.27. The normalized spacial score (nSPS) is 23.8. The Morgan fingerprint density at radius 1 is 1.26 bits per heavy atom. The average Bonchev–Trinajstić information content (AvgIpc) is 3.07. The van der Waals surface area contributed by atoms with Crippen LogP contribution in [-0.2, 0) is 4.79 Å². The van der Waals surface area contributed by atoms with E-state index in [0.717, 1.165) is 26.2 Å². The summed E-state index contributed by atoms with van der Waals surface area (Å²) in [7, 11) is 0. The molecule has 2 aliphatic rings. The third-order valence-electron chi connectivity index (χ3n) is 4.60. The number of carbonyl (C=O) groups excluding carboxylic acids is 2. The Labute approximate surface area is 142 Å². The third kappa shape index (κ3) is 3.85. The SMILES string of the molecule is CC(=O)c1cccc(OC(C)C(=O)N2C[C@H]3CNC[C@H]3C2)c1.Cl. The lowest BCUT2D eigenvalue weighted by Gasteiger charge is -2.22. The van der Waals surface area contributed by atoms with Gasteiger partial charge in [0.15, 0.2) is 11.9 Å². The van der Waals surface area contributed by atoms with Gasteiger partial charge in [-0.1, -0.05) is 12.1 Å². The van der Waals surface area contributed by atoms with E-state index in [2.05, 4.69) is 5.32 Å². The van der Waals surface area contributed by atoms with Gasteiger partial charge >= 0.3 is 0 Å². The number of ketones is 1. The molecule has 1 N–H and O–H groups in total. The van der Waals surface area contributed by atoms with Gasteiger partial charge in [0.05, 0.1) is 0 Å². The fourth-order valence-electron chi connectivity index (χ4n) is 3.34.